The Morgan fingerprint density at radius 1 is 1.27 bits per heavy atom. The molecule has 0 saturated heterocycles. The van der Waals surface area contributed by atoms with Gasteiger partial charge in [0.1, 0.15) is 12.4 Å². The first-order chi connectivity index (χ1) is 7.05. The summed E-state index contributed by atoms with van der Waals surface area (Å²) < 4.78 is 5.63. The van der Waals surface area contributed by atoms with Gasteiger partial charge in [-0.2, -0.15) is 0 Å². The largest absolute Gasteiger partial charge is 0.489 e. The Kier molecular flexibility index (Phi) is 4.22. The highest BCUT2D eigenvalue weighted by atomic mass is 35.5. The Hall–Kier alpha value is -0.950. The molecule has 0 fully saturated rings. The van der Waals surface area contributed by atoms with Gasteiger partial charge in [0.2, 0.25) is 0 Å². The number of halogens is 1. The molecule has 1 aromatic carbocycles. The minimum atomic E-state index is 0.0985. The minimum absolute atomic E-state index is 0.0985. The molecule has 82 valence electrons. The molecule has 0 bridgehead atoms. The summed E-state index contributed by atoms with van der Waals surface area (Å²) in [5, 5.41) is 0. The van der Waals surface area contributed by atoms with Crippen molar-refractivity contribution in [1.29, 1.82) is 0 Å². The van der Waals surface area contributed by atoms with Crippen LogP contribution in [0.25, 0.3) is 0 Å². The zero-order valence-corrected chi connectivity index (χ0v) is 10.2. The van der Waals surface area contributed by atoms with Gasteiger partial charge in [-0.15, -0.1) is 0 Å². The van der Waals surface area contributed by atoms with E-state index in [1.54, 1.807) is 6.08 Å². The van der Waals surface area contributed by atoms with Crippen LogP contribution in [0.15, 0.2) is 35.9 Å². The van der Waals surface area contributed by atoms with Crippen molar-refractivity contribution < 1.29 is 4.74 Å². The van der Waals surface area contributed by atoms with Crippen molar-refractivity contribution in [3.05, 3.63) is 41.4 Å². The fraction of sp³-hybridized carbons (Fsp3) is 0.385. The summed E-state index contributed by atoms with van der Waals surface area (Å²) in [6.07, 6.45) is 1.78. The van der Waals surface area contributed by atoms with Crippen LogP contribution in [0, 0.1) is 0 Å². The predicted molar refractivity (Wildman–Crippen MR) is 65.6 cm³/mol. The molecule has 15 heavy (non-hydrogen) atoms. The van der Waals surface area contributed by atoms with Gasteiger partial charge in [-0.05, 0) is 23.1 Å². The van der Waals surface area contributed by atoms with Gasteiger partial charge < -0.3 is 4.74 Å². The van der Waals surface area contributed by atoms with E-state index in [2.05, 4.69) is 26.8 Å². The lowest BCUT2D eigenvalue weighted by Gasteiger charge is -2.22. The van der Waals surface area contributed by atoms with Gasteiger partial charge in [0, 0.05) is 5.54 Å². The van der Waals surface area contributed by atoms with Gasteiger partial charge in [-0.1, -0.05) is 50.6 Å². The lowest BCUT2D eigenvalue weighted by atomic mass is 9.86. The molecule has 1 nitrogen and oxygen atoms in total. The Morgan fingerprint density at radius 2 is 1.93 bits per heavy atom. The third kappa shape index (κ3) is 3.60. The van der Waals surface area contributed by atoms with E-state index in [0.717, 1.165) is 5.75 Å². The summed E-state index contributed by atoms with van der Waals surface area (Å²) >= 11 is 5.44. The van der Waals surface area contributed by atoms with Crippen molar-refractivity contribution in [2.45, 2.75) is 26.2 Å². The molecule has 0 amide bonds. The average molecular weight is 225 g/mol. The number of hydrogen-bond donors (Lipinski definition) is 0. The maximum absolute atomic E-state index is 5.63. The number of rotatable bonds is 3. The van der Waals surface area contributed by atoms with Crippen molar-refractivity contribution in [2.24, 2.45) is 0 Å². The van der Waals surface area contributed by atoms with Crippen molar-refractivity contribution >= 4 is 11.6 Å². The second kappa shape index (κ2) is 5.22. The Morgan fingerprint density at radius 3 is 2.53 bits per heavy atom. The summed E-state index contributed by atoms with van der Waals surface area (Å²) in [5.74, 6) is 0.930. The summed E-state index contributed by atoms with van der Waals surface area (Å²) in [4.78, 5) is 0. The topological polar surface area (TPSA) is 9.23 Å². The summed E-state index contributed by atoms with van der Waals surface area (Å²) in [6.45, 7) is 7.03. The minimum Gasteiger partial charge on any atom is -0.489 e. The molecule has 0 spiro atoms. The zero-order chi connectivity index (χ0) is 11.3. The lowest BCUT2D eigenvalue weighted by Crippen LogP contribution is -2.13. The van der Waals surface area contributed by atoms with E-state index in [4.69, 9.17) is 16.3 Å². The Balaban J connectivity index is 2.87. The van der Waals surface area contributed by atoms with E-state index >= 15 is 0 Å². The zero-order valence-electron chi connectivity index (χ0n) is 9.46. The SMILES string of the molecule is CC(C)(C)c1ccccc1OCC=CCl. The molecular formula is C13H17ClO. The van der Waals surface area contributed by atoms with Gasteiger partial charge in [-0.3, -0.25) is 0 Å². The predicted octanol–water partition coefficient (Wildman–Crippen LogP) is 4.12. The second-order valence-electron chi connectivity index (χ2n) is 4.42. The third-order valence-corrected chi connectivity index (χ3v) is 2.30. The molecule has 0 aliphatic rings. The maximum atomic E-state index is 5.63. The van der Waals surface area contributed by atoms with Gasteiger partial charge >= 0.3 is 0 Å². The van der Waals surface area contributed by atoms with Crippen LogP contribution in [0.5, 0.6) is 5.75 Å². The van der Waals surface area contributed by atoms with Crippen molar-refractivity contribution in [3.8, 4) is 5.75 Å². The molecule has 1 rings (SSSR count). The van der Waals surface area contributed by atoms with Crippen LogP contribution in [0.3, 0.4) is 0 Å². The quantitative estimate of drug-likeness (QED) is 0.751. The fourth-order valence-electron chi connectivity index (χ4n) is 1.39. The normalized spacial score (nSPS) is 12.0. The number of hydrogen-bond acceptors (Lipinski definition) is 1. The van der Waals surface area contributed by atoms with Crippen molar-refractivity contribution in [3.63, 3.8) is 0 Å². The molecule has 0 aliphatic carbocycles. The van der Waals surface area contributed by atoms with Gasteiger partial charge in [0.15, 0.2) is 0 Å². The van der Waals surface area contributed by atoms with Gasteiger partial charge in [0.05, 0.1) is 0 Å². The first kappa shape index (κ1) is 12.1. The number of para-hydroxylation sites is 1. The molecule has 0 aromatic heterocycles. The molecule has 0 aliphatic heterocycles. The summed E-state index contributed by atoms with van der Waals surface area (Å²) in [6, 6.07) is 8.10. The highest BCUT2D eigenvalue weighted by Gasteiger charge is 2.17. The molecule has 0 atom stereocenters. The van der Waals surface area contributed by atoms with Crippen LogP contribution in [-0.4, -0.2) is 6.61 Å². The van der Waals surface area contributed by atoms with E-state index in [-0.39, 0.29) is 5.41 Å². The molecule has 2 heteroatoms. The second-order valence-corrected chi connectivity index (χ2v) is 4.67. The third-order valence-electron chi connectivity index (χ3n) is 2.12. The Labute approximate surface area is 96.7 Å². The molecule has 0 radical (unpaired) electrons. The molecule has 0 heterocycles. The maximum Gasteiger partial charge on any atom is 0.123 e. The van der Waals surface area contributed by atoms with Crippen molar-refractivity contribution in [1.82, 2.24) is 0 Å². The van der Waals surface area contributed by atoms with E-state index in [0.29, 0.717) is 6.61 Å². The van der Waals surface area contributed by atoms with Gasteiger partial charge in [-0.25, -0.2) is 0 Å². The monoisotopic (exact) mass is 224 g/mol. The number of ether oxygens (including phenoxy) is 1. The first-order valence-electron chi connectivity index (χ1n) is 5.03. The molecule has 1 aromatic rings. The van der Waals surface area contributed by atoms with Crippen LogP contribution in [-0.2, 0) is 5.41 Å². The molecule has 0 saturated carbocycles. The van der Waals surface area contributed by atoms with E-state index in [1.807, 2.05) is 18.2 Å². The number of benzene rings is 1. The van der Waals surface area contributed by atoms with Crippen LogP contribution < -0.4 is 4.74 Å². The van der Waals surface area contributed by atoms with E-state index in [1.165, 1.54) is 11.1 Å². The lowest BCUT2D eigenvalue weighted by molar-refractivity contribution is 0.351. The smallest absolute Gasteiger partial charge is 0.123 e. The Bertz CT molecular complexity index is 337. The van der Waals surface area contributed by atoms with Gasteiger partial charge in [0.25, 0.3) is 0 Å². The summed E-state index contributed by atoms with van der Waals surface area (Å²) in [7, 11) is 0. The average Bonchev–Trinajstić information content (AvgIpc) is 2.17. The molecular weight excluding hydrogens is 208 g/mol. The fourth-order valence-corrected chi connectivity index (χ4v) is 1.46. The highest BCUT2D eigenvalue weighted by molar-refractivity contribution is 6.25. The van der Waals surface area contributed by atoms with E-state index in [9.17, 15) is 0 Å². The molecule has 0 N–H and O–H groups in total. The van der Waals surface area contributed by atoms with E-state index < -0.39 is 0 Å². The molecule has 0 unspecified atom stereocenters. The highest BCUT2D eigenvalue weighted by Crippen LogP contribution is 2.30. The van der Waals surface area contributed by atoms with Crippen molar-refractivity contribution in [2.75, 3.05) is 6.61 Å². The van der Waals surface area contributed by atoms with Crippen LogP contribution >= 0.6 is 11.6 Å². The van der Waals surface area contributed by atoms with Crippen LogP contribution in [0.1, 0.15) is 26.3 Å². The summed E-state index contributed by atoms with van der Waals surface area (Å²) in [5.41, 5.74) is 2.79. The van der Waals surface area contributed by atoms with Crippen LogP contribution in [0.2, 0.25) is 0 Å². The van der Waals surface area contributed by atoms with Crippen LogP contribution in [0.4, 0.5) is 0 Å². The standard InChI is InChI=1S/C13H17ClO/c1-13(2,3)11-7-4-5-8-12(11)15-10-6-9-14/h4-9H,10H2,1-3H3. The first-order valence-corrected chi connectivity index (χ1v) is 5.47.